The highest BCUT2D eigenvalue weighted by molar-refractivity contribution is 7.94. The van der Waals surface area contributed by atoms with Crippen molar-refractivity contribution in [2.75, 3.05) is 14.8 Å². The molecule has 0 saturated carbocycles. The molecule has 1 atom stereocenters. The molecule has 1 unspecified atom stereocenters. The number of carbonyl (C=O) groups is 1. The van der Waals surface area contributed by atoms with E-state index in [2.05, 4.69) is 9.71 Å². The number of nitrogens with zero attached hydrogens (tertiary/aromatic N) is 2. The molecule has 1 amide bonds. The van der Waals surface area contributed by atoms with Gasteiger partial charge < -0.3 is 0 Å². The number of hydrogen-bond acceptors (Lipinski definition) is 7. The van der Waals surface area contributed by atoms with Gasteiger partial charge in [0.25, 0.3) is 10.0 Å². The van der Waals surface area contributed by atoms with Gasteiger partial charge >= 0.3 is 0 Å². The molecular weight excluding hydrogens is 398 g/mol. The summed E-state index contributed by atoms with van der Waals surface area (Å²) in [5.41, 5.74) is 1.17. The Morgan fingerprint density at radius 1 is 1.31 bits per heavy atom. The molecule has 2 aromatic rings. The minimum Gasteiger partial charge on any atom is -0.273 e. The van der Waals surface area contributed by atoms with E-state index in [4.69, 9.17) is 0 Å². The fraction of sp³-hybridized carbons (Fsp3) is 0.333. The Labute approximate surface area is 156 Å². The summed E-state index contributed by atoms with van der Waals surface area (Å²) >= 11 is 1.17. The summed E-state index contributed by atoms with van der Waals surface area (Å²) in [6, 6.07) is 4.00. The van der Waals surface area contributed by atoms with Crippen LogP contribution in [0.25, 0.3) is 0 Å². The fourth-order valence-corrected chi connectivity index (χ4v) is 6.70. The summed E-state index contributed by atoms with van der Waals surface area (Å²) < 4.78 is 52.7. The van der Waals surface area contributed by atoms with E-state index in [9.17, 15) is 21.6 Å². The molecule has 1 aromatic heterocycles. The van der Waals surface area contributed by atoms with Gasteiger partial charge in [0.15, 0.2) is 5.13 Å². The molecule has 26 heavy (non-hydrogen) atoms. The lowest BCUT2D eigenvalue weighted by Gasteiger charge is -2.17. The van der Waals surface area contributed by atoms with Crippen LogP contribution in [0.4, 0.5) is 10.8 Å². The van der Waals surface area contributed by atoms with Crippen molar-refractivity contribution in [3.63, 3.8) is 0 Å². The Morgan fingerprint density at radius 3 is 2.50 bits per heavy atom. The Balaban J connectivity index is 1.96. The zero-order chi connectivity index (χ0) is 19.3. The molecule has 2 heterocycles. The summed E-state index contributed by atoms with van der Waals surface area (Å²) in [6.07, 6.45) is 0. The molecule has 140 valence electrons. The first-order valence-electron chi connectivity index (χ1n) is 7.64. The van der Waals surface area contributed by atoms with Crippen LogP contribution in [0.2, 0.25) is 0 Å². The van der Waals surface area contributed by atoms with Crippen molar-refractivity contribution in [1.82, 2.24) is 4.98 Å². The average Bonchev–Trinajstić information content (AvgIpc) is 2.98. The van der Waals surface area contributed by atoms with Crippen molar-refractivity contribution < 1.29 is 21.6 Å². The van der Waals surface area contributed by atoms with Gasteiger partial charge in [0.2, 0.25) is 15.9 Å². The maximum Gasteiger partial charge on any atom is 0.263 e. The van der Waals surface area contributed by atoms with E-state index in [1.54, 1.807) is 26.2 Å². The van der Waals surface area contributed by atoms with Gasteiger partial charge in [-0.2, -0.15) is 0 Å². The molecule has 1 saturated heterocycles. The van der Waals surface area contributed by atoms with Crippen LogP contribution in [0.5, 0.6) is 0 Å². The molecule has 0 aliphatic carbocycles. The van der Waals surface area contributed by atoms with Gasteiger partial charge in [0.05, 0.1) is 27.9 Å². The van der Waals surface area contributed by atoms with E-state index in [1.807, 2.05) is 0 Å². The number of anilines is 2. The maximum absolute atomic E-state index is 12.6. The lowest BCUT2D eigenvalue weighted by Crippen LogP contribution is -2.30. The second kappa shape index (κ2) is 6.32. The van der Waals surface area contributed by atoms with Crippen molar-refractivity contribution in [3.05, 3.63) is 34.8 Å². The summed E-state index contributed by atoms with van der Waals surface area (Å²) in [5.74, 6) is -1.40. The van der Waals surface area contributed by atoms with Crippen LogP contribution < -0.4 is 9.03 Å². The first-order valence-corrected chi connectivity index (χ1v) is 11.6. The van der Waals surface area contributed by atoms with E-state index in [0.29, 0.717) is 11.3 Å². The maximum atomic E-state index is 12.6. The third-order valence-electron chi connectivity index (χ3n) is 3.88. The quantitative estimate of drug-likeness (QED) is 0.815. The van der Waals surface area contributed by atoms with Crippen LogP contribution in [0.1, 0.15) is 18.2 Å². The van der Waals surface area contributed by atoms with Gasteiger partial charge in [0.1, 0.15) is 0 Å². The SMILES string of the molecule is Cc1csc(NS(=O)(=O)c2ccc(N3C(=O)C(C)CS3(=O)=O)cc2C)n1. The third-order valence-corrected chi connectivity index (χ3v) is 8.26. The van der Waals surface area contributed by atoms with Crippen LogP contribution in [-0.4, -0.2) is 33.5 Å². The molecule has 8 nitrogen and oxygen atoms in total. The number of rotatable bonds is 4. The third kappa shape index (κ3) is 3.33. The fourth-order valence-electron chi connectivity index (χ4n) is 2.72. The predicted octanol–water partition coefficient (Wildman–Crippen LogP) is 1.87. The molecule has 1 fully saturated rings. The van der Waals surface area contributed by atoms with Gasteiger partial charge in [-0.3, -0.25) is 9.52 Å². The summed E-state index contributed by atoms with van der Waals surface area (Å²) in [6.45, 7) is 4.84. The highest BCUT2D eigenvalue weighted by Crippen LogP contribution is 2.31. The minimum atomic E-state index is -3.88. The van der Waals surface area contributed by atoms with Gasteiger partial charge in [-0.05, 0) is 37.6 Å². The Hall–Kier alpha value is -1.98. The second-order valence-electron chi connectivity index (χ2n) is 6.13. The van der Waals surface area contributed by atoms with E-state index in [1.165, 1.54) is 29.5 Å². The molecular formula is C15H17N3O5S3. The molecule has 1 aliphatic rings. The number of aryl methyl sites for hydroxylation is 2. The second-order valence-corrected chi connectivity index (χ2v) is 10.5. The van der Waals surface area contributed by atoms with E-state index in [0.717, 1.165) is 4.31 Å². The standard InChI is InChI=1S/C15H17N3O5S3/c1-9-6-12(18-14(19)10(2)8-25(18,20)21)4-5-13(9)26(22,23)17-15-16-11(3)7-24-15/h4-7,10H,8H2,1-3H3,(H,16,17). The number of thiazole rings is 1. The highest BCUT2D eigenvalue weighted by Gasteiger charge is 2.42. The van der Waals surface area contributed by atoms with Crippen molar-refractivity contribution in [1.29, 1.82) is 0 Å². The highest BCUT2D eigenvalue weighted by atomic mass is 32.2. The number of hydrogen-bond donors (Lipinski definition) is 1. The summed E-state index contributed by atoms with van der Waals surface area (Å²) in [5, 5.41) is 1.97. The Morgan fingerprint density at radius 2 is 2.00 bits per heavy atom. The van der Waals surface area contributed by atoms with E-state index in [-0.39, 0.29) is 21.5 Å². The van der Waals surface area contributed by atoms with E-state index < -0.39 is 31.9 Å². The van der Waals surface area contributed by atoms with Crippen molar-refractivity contribution in [2.45, 2.75) is 25.7 Å². The van der Waals surface area contributed by atoms with Crippen LogP contribution in [0.15, 0.2) is 28.5 Å². The lowest BCUT2D eigenvalue weighted by atomic mass is 10.2. The lowest BCUT2D eigenvalue weighted by molar-refractivity contribution is -0.119. The molecule has 0 radical (unpaired) electrons. The van der Waals surface area contributed by atoms with Crippen molar-refractivity contribution in [2.24, 2.45) is 5.92 Å². The monoisotopic (exact) mass is 415 g/mol. The molecule has 1 aromatic carbocycles. The average molecular weight is 416 g/mol. The van der Waals surface area contributed by atoms with Gasteiger partial charge in [0, 0.05) is 5.38 Å². The zero-order valence-corrected chi connectivity index (χ0v) is 16.7. The van der Waals surface area contributed by atoms with Crippen LogP contribution >= 0.6 is 11.3 Å². The van der Waals surface area contributed by atoms with Gasteiger partial charge in [-0.1, -0.05) is 6.92 Å². The van der Waals surface area contributed by atoms with Crippen LogP contribution in [0, 0.1) is 19.8 Å². The topological polar surface area (TPSA) is 114 Å². The minimum absolute atomic E-state index is 0.00815. The zero-order valence-electron chi connectivity index (χ0n) is 14.3. The number of amides is 1. The van der Waals surface area contributed by atoms with Gasteiger partial charge in [-0.25, -0.2) is 26.1 Å². The number of nitrogens with one attached hydrogen (secondary N) is 1. The molecule has 11 heteroatoms. The smallest absolute Gasteiger partial charge is 0.263 e. The summed E-state index contributed by atoms with van der Waals surface area (Å²) in [4.78, 5) is 16.2. The largest absolute Gasteiger partial charge is 0.273 e. The molecule has 0 spiro atoms. The van der Waals surface area contributed by atoms with Crippen molar-refractivity contribution in [3.8, 4) is 0 Å². The molecule has 0 bridgehead atoms. The number of carbonyl (C=O) groups excluding carboxylic acids is 1. The molecule has 3 rings (SSSR count). The molecule has 1 aliphatic heterocycles. The number of aromatic nitrogens is 1. The van der Waals surface area contributed by atoms with E-state index >= 15 is 0 Å². The molecule has 1 N–H and O–H groups in total. The number of benzene rings is 1. The first-order chi connectivity index (χ1) is 12.0. The van der Waals surface area contributed by atoms with Crippen LogP contribution in [-0.2, 0) is 24.8 Å². The number of sulfonamides is 2. The van der Waals surface area contributed by atoms with Crippen LogP contribution in [0.3, 0.4) is 0 Å². The normalized spacial score (nSPS) is 19.7. The predicted molar refractivity (Wildman–Crippen MR) is 99.3 cm³/mol. The summed E-state index contributed by atoms with van der Waals surface area (Å²) in [7, 11) is -7.62. The Bertz CT molecular complexity index is 1090. The van der Waals surface area contributed by atoms with Gasteiger partial charge in [-0.15, -0.1) is 11.3 Å². The Kier molecular flexibility index (Phi) is 4.57. The van der Waals surface area contributed by atoms with Crippen molar-refractivity contribution >= 4 is 48.1 Å². The first kappa shape index (κ1) is 18.8.